The molecular formula is C13H10O2. The first kappa shape index (κ1) is 8.50. The first-order valence-corrected chi connectivity index (χ1v) is 4.89. The molecule has 2 nitrogen and oxygen atoms in total. The van der Waals surface area contributed by atoms with E-state index in [1.807, 2.05) is 36.4 Å². The van der Waals surface area contributed by atoms with Gasteiger partial charge in [0.25, 0.3) is 0 Å². The summed E-state index contributed by atoms with van der Waals surface area (Å²) in [6.45, 7) is 0. The summed E-state index contributed by atoms with van der Waals surface area (Å²) in [6, 6.07) is 12.0. The van der Waals surface area contributed by atoms with Crippen molar-refractivity contribution in [3.8, 4) is 5.75 Å². The van der Waals surface area contributed by atoms with Gasteiger partial charge in [0.05, 0.1) is 0 Å². The van der Waals surface area contributed by atoms with E-state index in [9.17, 15) is 5.11 Å². The largest absolute Gasteiger partial charge is 0.460 e. The van der Waals surface area contributed by atoms with Gasteiger partial charge >= 0.3 is 0 Å². The van der Waals surface area contributed by atoms with Gasteiger partial charge in [-0.2, -0.15) is 0 Å². The van der Waals surface area contributed by atoms with Crippen LogP contribution in [0.3, 0.4) is 0 Å². The molecule has 0 amide bonds. The van der Waals surface area contributed by atoms with Crippen molar-refractivity contribution in [1.82, 2.24) is 0 Å². The molecule has 0 aliphatic carbocycles. The fourth-order valence-electron chi connectivity index (χ4n) is 1.87. The standard InChI is InChI=1S/C13H10O2/c14-12-8-7-10-6-5-9-3-1-2-4-11(9)13(10)15-12/h1-8,12,14H. The van der Waals surface area contributed by atoms with Gasteiger partial charge in [0.15, 0.2) is 0 Å². The Bertz CT molecular complexity index is 543. The highest BCUT2D eigenvalue weighted by Crippen LogP contribution is 2.33. The van der Waals surface area contributed by atoms with Crippen molar-refractivity contribution in [2.24, 2.45) is 0 Å². The van der Waals surface area contributed by atoms with Gasteiger partial charge in [-0.1, -0.05) is 36.4 Å². The van der Waals surface area contributed by atoms with E-state index >= 15 is 0 Å². The van der Waals surface area contributed by atoms with Gasteiger partial charge < -0.3 is 9.84 Å². The lowest BCUT2D eigenvalue weighted by Gasteiger charge is -2.18. The number of aliphatic hydroxyl groups excluding tert-OH is 1. The maximum Gasteiger partial charge on any atom is 0.217 e. The monoisotopic (exact) mass is 198 g/mol. The summed E-state index contributed by atoms with van der Waals surface area (Å²) >= 11 is 0. The molecule has 0 fully saturated rings. The minimum Gasteiger partial charge on any atom is -0.460 e. The second-order valence-corrected chi connectivity index (χ2v) is 3.57. The lowest BCUT2D eigenvalue weighted by atomic mass is 10.0. The Morgan fingerprint density at radius 3 is 2.87 bits per heavy atom. The Morgan fingerprint density at radius 1 is 1.07 bits per heavy atom. The summed E-state index contributed by atoms with van der Waals surface area (Å²) in [6.07, 6.45) is 2.69. The molecule has 2 heteroatoms. The number of fused-ring (bicyclic) bond motifs is 3. The van der Waals surface area contributed by atoms with Gasteiger partial charge in [0, 0.05) is 10.9 Å². The van der Waals surface area contributed by atoms with Crippen molar-refractivity contribution in [2.75, 3.05) is 0 Å². The van der Waals surface area contributed by atoms with Gasteiger partial charge in [-0.3, -0.25) is 0 Å². The summed E-state index contributed by atoms with van der Waals surface area (Å²) in [5.74, 6) is 0.767. The number of aliphatic hydroxyl groups is 1. The molecular weight excluding hydrogens is 188 g/mol. The summed E-state index contributed by atoms with van der Waals surface area (Å²) in [4.78, 5) is 0. The van der Waals surface area contributed by atoms with Crippen molar-refractivity contribution in [2.45, 2.75) is 6.29 Å². The normalized spacial score (nSPS) is 18.6. The van der Waals surface area contributed by atoms with E-state index < -0.39 is 6.29 Å². The molecule has 0 radical (unpaired) electrons. The van der Waals surface area contributed by atoms with Gasteiger partial charge in [0.2, 0.25) is 6.29 Å². The van der Waals surface area contributed by atoms with Crippen LogP contribution in [0, 0.1) is 0 Å². The topological polar surface area (TPSA) is 29.5 Å². The van der Waals surface area contributed by atoms with Crippen molar-refractivity contribution >= 4 is 16.8 Å². The maximum absolute atomic E-state index is 9.41. The lowest BCUT2D eigenvalue weighted by Crippen LogP contribution is -2.15. The Balaban J connectivity index is 2.34. The molecule has 74 valence electrons. The van der Waals surface area contributed by atoms with E-state index in [2.05, 4.69) is 6.07 Å². The van der Waals surface area contributed by atoms with Crippen LogP contribution in [0.2, 0.25) is 0 Å². The summed E-state index contributed by atoms with van der Waals surface area (Å²) in [7, 11) is 0. The minimum absolute atomic E-state index is 0.767. The van der Waals surface area contributed by atoms with Gasteiger partial charge in [-0.25, -0.2) is 0 Å². The zero-order valence-electron chi connectivity index (χ0n) is 8.05. The number of hydrogen-bond acceptors (Lipinski definition) is 2. The highest BCUT2D eigenvalue weighted by molar-refractivity contribution is 5.92. The quantitative estimate of drug-likeness (QED) is 0.705. The van der Waals surface area contributed by atoms with Gasteiger partial charge in [-0.05, 0) is 17.5 Å². The van der Waals surface area contributed by atoms with Crippen LogP contribution in [0.5, 0.6) is 5.75 Å². The molecule has 0 bridgehead atoms. The minimum atomic E-state index is -0.830. The number of ether oxygens (including phenoxy) is 1. The lowest BCUT2D eigenvalue weighted by molar-refractivity contribution is 0.0244. The van der Waals surface area contributed by atoms with Crippen LogP contribution < -0.4 is 4.74 Å². The first-order valence-electron chi connectivity index (χ1n) is 4.89. The predicted octanol–water partition coefficient (Wildman–Crippen LogP) is 2.56. The smallest absolute Gasteiger partial charge is 0.217 e. The van der Waals surface area contributed by atoms with Crippen molar-refractivity contribution in [3.63, 3.8) is 0 Å². The van der Waals surface area contributed by atoms with Crippen LogP contribution in [-0.2, 0) is 0 Å². The second-order valence-electron chi connectivity index (χ2n) is 3.57. The molecule has 15 heavy (non-hydrogen) atoms. The third-order valence-corrected chi connectivity index (χ3v) is 2.59. The molecule has 1 N–H and O–H groups in total. The summed E-state index contributed by atoms with van der Waals surface area (Å²) < 4.78 is 5.41. The molecule has 1 heterocycles. The molecule has 0 spiro atoms. The SMILES string of the molecule is OC1C=Cc2ccc3ccccc3c2O1. The zero-order valence-corrected chi connectivity index (χ0v) is 8.05. The van der Waals surface area contributed by atoms with E-state index in [0.717, 1.165) is 22.1 Å². The Labute approximate surface area is 87.4 Å². The Hall–Kier alpha value is -1.80. The first-order chi connectivity index (χ1) is 7.34. The van der Waals surface area contributed by atoms with E-state index in [1.54, 1.807) is 6.08 Å². The van der Waals surface area contributed by atoms with Crippen LogP contribution in [0.25, 0.3) is 16.8 Å². The van der Waals surface area contributed by atoms with Crippen molar-refractivity contribution < 1.29 is 9.84 Å². The van der Waals surface area contributed by atoms with Crippen LogP contribution in [-0.4, -0.2) is 11.4 Å². The van der Waals surface area contributed by atoms with E-state index in [-0.39, 0.29) is 0 Å². The third-order valence-electron chi connectivity index (χ3n) is 2.59. The zero-order chi connectivity index (χ0) is 10.3. The molecule has 0 aromatic heterocycles. The molecule has 1 aliphatic rings. The number of hydrogen-bond donors (Lipinski definition) is 1. The average molecular weight is 198 g/mol. The Kier molecular flexibility index (Phi) is 1.76. The molecule has 1 unspecified atom stereocenters. The summed E-state index contributed by atoms with van der Waals surface area (Å²) in [5, 5.41) is 11.6. The Morgan fingerprint density at radius 2 is 1.93 bits per heavy atom. The molecule has 1 atom stereocenters. The maximum atomic E-state index is 9.41. The van der Waals surface area contributed by atoms with Crippen LogP contribution >= 0.6 is 0 Å². The second kappa shape index (κ2) is 3.11. The highest BCUT2D eigenvalue weighted by Gasteiger charge is 2.14. The van der Waals surface area contributed by atoms with E-state index in [0.29, 0.717) is 0 Å². The van der Waals surface area contributed by atoms with Crippen LogP contribution in [0.4, 0.5) is 0 Å². The molecule has 2 aromatic rings. The average Bonchev–Trinajstić information content (AvgIpc) is 2.29. The molecule has 0 saturated carbocycles. The highest BCUT2D eigenvalue weighted by atomic mass is 16.6. The van der Waals surface area contributed by atoms with Crippen LogP contribution in [0.1, 0.15) is 5.56 Å². The fraction of sp³-hybridized carbons (Fsp3) is 0.0769. The molecule has 2 aromatic carbocycles. The van der Waals surface area contributed by atoms with E-state index in [4.69, 9.17) is 4.74 Å². The van der Waals surface area contributed by atoms with Crippen LogP contribution in [0.15, 0.2) is 42.5 Å². The summed E-state index contributed by atoms with van der Waals surface area (Å²) in [5.41, 5.74) is 1.01. The number of benzene rings is 2. The van der Waals surface area contributed by atoms with Crippen molar-refractivity contribution in [3.05, 3.63) is 48.0 Å². The predicted molar refractivity (Wildman–Crippen MR) is 59.6 cm³/mol. The number of rotatable bonds is 0. The van der Waals surface area contributed by atoms with Gasteiger partial charge in [0.1, 0.15) is 5.75 Å². The molecule has 0 saturated heterocycles. The molecule has 1 aliphatic heterocycles. The fourth-order valence-corrected chi connectivity index (χ4v) is 1.87. The van der Waals surface area contributed by atoms with Crippen molar-refractivity contribution in [1.29, 1.82) is 0 Å². The molecule has 3 rings (SSSR count). The third kappa shape index (κ3) is 1.30. The van der Waals surface area contributed by atoms with E-state index in [1.165, 1.54) is 0 Å². The van der Waals surface area contributed by atoms with Gasteiger partial charge in [-0.15, -0.1) is 0 Å².